The van der Waals surface area contributed by atoms with Crippen LogP contribution in [0.5, 0.6) is 5.75 Å². The molecular formula is C28H28FN3O6. The van der Waals surface area contributed by atoms with Gasteiger partial charge < -0.3 is 24.8 Å². The van der Waals surface area contributed by atoms with Gasteiger partial charge in [0.25, 0.3) is 5.56 Å². The first-order chi connectivity index (χ1) is 18.1. The Morgan fingerprint density at radius 3 is 2.71 bits per heavy atom. The van der Waals surface area contributed by atoms with Gasteiger partial charge in [-0.1, -0.05) is 6.92 Å². The maximum atomic E-state index is 15.1. The van der Waals surface area contributed by atoms with Crippen molar-refractivity contribution >= 4 is 22.6 Å². The highest BCUT2D eigenvalue weighted by Crippen LogP contribution is 2.47. The van der Waals surface area contributed by atoms with E-state index in [0.29, 0.717) is 62.9 Å². The van der Waals surface area contributed by atoms with E-state index in [9.17, 15) is 24.6 Å². The maximum absolute atomic E-state index is 15.1. The molecule has 1 aromatic carbocycles. The lowest BCUT2D eigenvalue weighted by Crippen LogP contribution is -2.43. The molecule has 38 heavy (non-hydrogen) atoms. The van der Waals surface area contributed by atoms with E-state index < -0.39 is 29.5 Å². The number of fused-ring (bicyclic) bond motifs is 5. The molecule has 2 aliphatic carbocycles. The zero-order valence-electron chi connectivity index (χ0n) is 21.4. The molecule has 1 amide bonds. The minimum atomic E-state index is -1.75. The van der Waals surface area contributed by atoms with Crippen LogP contribution >= 0.6 is 0 Å². The topological polar surface area (TPSA) is 131 Å². The summed E-state index contributed by atoms with van der Waals surface area (Å²) in [6, 6.07) is 2.44. The SMILES string of the molecule is CC[C@@]1(O)C(=O)CCc2c1cc1n(c2=O)Cc2c-1nc1cc(F)c(OC)c3c1c2C(NC(=O)[C@@H](C)O)CC3. The molecule has 1 aliphatic heterocycles. The molecule has 1 unspecified atom stereocenters. The summed E-state index contributed by atoms with van der Waals surface area (Å²) >= 11 is 0. The van der Waals surface area contributed by atoms with Crippen molar-refractivity contribution in [2.24, 2.45) is 0 Å². The van der Waals surface area contributed by atoms with Gasteiger partial charge in [0, 0.05) is 40.1 Å². The van der Waals surface area contributed by atoms with Crippen molar-refractivity contribution in [3.8, 4) is 17.1 Å². The molecule has 3 atom stereocenters. The highest BCUT2D eigenvalue weighted by Gasteiger charge is 2.44. The van der Waals surface area contributed by atoms with Crippen LogP contribution in [0.1, 0.15) is 67.0 Å². The van der Waals surface area contributed by atoms with Crippen LogP contribution in [-0.4, -0.2) is 44.7 Å². The molecule has 0 saturated carbocycles. The molecule has 3 N–H and O–H groups in total. The molecule has 0 spiro atoms. The van der Waals surface area contributed by atoms with Crippen molar-refractivity contribution in [1.29, 1.82) is 0 Å². The van der Waals surface area contributed by atoms with Crippen LogP contribution in [0.2, 0.25) is 0 Å². The molecule has 2 aromatic heterocycles. The fraction of sp³-hybridized carbons (Fsp3) is 0.429. The predicted octanol–water partition coefficient (Wildman–Crippen LogP) is 2.17. The third kappa shape index (κ3) is 3.23. The summed E-state index contributed by atoms with van der Waals surface area (Å²) in [7, 11) is 1.40. The van der Waals surface area contributed by atoms with Gasteiger partial charge in [0.15, 0.2) is 17.3 Å². The van der Waals surface area contributed by atoms with E-state index in [2.05, 4.69) is 5.32 Å². The lowest BCUT2D eigenvalue weighted by Gasteiger charge is -2.32. The second kappa shape index (κ2) is 8.44. The number of aliphatic hydroxyl groups excluding tert-OH is 1. The summed E-state index contributed by atoms with van der Waals surface area (Å²) in [5.74, 6) is -1.31. The molecule has 9 nitrogen and oxygen atoms in total. The Kier molecular flexibility index (Phi) is 5.48. The van der Waals surface area contributed by atoms with E-state index in [0.717, 1.165) is 0 Å². The number of halogens is 1. The Hall–Kier alpha value is -3.63. The van der Waals surface area contributed by atoms with Crippen molar-refractivity contribution < 1.29 is 28.9 Å². The van der Waals surface area contributed by atoms with Crippen molar-refractivity contribution in [2.45, 2.75) is 70.2 Å². The van der Waals surface area contributed by atoms with E-state index in [1.54, 1.807) is 17.6 Å². The molecule has 0 saturated heterocycles. The van der Waals surface area contributed by atoms with E-state index in [1.807, 2.05) is 0 Å². The number of rotatable bonds is 4. The van der Waals surface area contributed by atoms with Crippen molar-refractivity contribution in [1.82, 2.24) is 14.9 Å². The second-order valence-electron chi connectivity index (χ2n) is 10.3. The average molecular weight is 522 g/mol. The molecule has 0 bridgehead atoms. The molecule has 0 fully saturated rings. The van der Waals surface area contributed by atoms with Crippen LogP contribution in [0.15, 0.2) is 16.9 Å². The molecule has 198 valence electrons. The van der Waals surface area contributed by atoms with Gasteiger partial charge in [-0.2, -0.15) is 0 Å². The van der Waals surface area contributed by atoms with E-state index >= 15 is 4.39 Å². The molecule has 3 aliphatic rings. The van der Waals surface area contributed by atoms with Gasteiger partial charge in [0.1, 0.15) is 11.7 Å². The molecule has 3 aromatic rings. The van der Waals surface area contributed by atoms with Crippen molar-refractivity contribution in [2.75, 3.05) is 7.11 Å². The number of benzene rings is 1. The number of hydrogen-bond acceptors (Lipinski definition) is 7. The zero-order chi connectivity index (χ0) is 27.1. The van der Waals surface area contributed by atoms with Gasteiger partial charge in [-0.25, -0.2) is 9.37 Å². The molecule has 6 rings (SSSR count). The van der Waals surface area contributed by atoms with Crippen LogP contribution in [0.3, 0.4) is 0 Å². The monoisotopic (exact) mass is 521 g/mol. The van der Waals surface area contributed by atoms with Crippen LogP contribution in [0, 0.1) is 5.82 Å². The number of ketones is 1. The maximum Gasteiger partial charge on any atom is 0.254 e. The number of carbonyl (C=O) groups is 2. The fourth-order valence-electron chi connectivity index (χ4n) is 6.40. The highest BCUT2D eigenvalue weighted by atomic mass is 19.1. The first kappa shape index (κ1) is 24.7. The number of aliphatic hydroxyl groups is 2. The quantitative estimate of drug-likeness (QED) is 0.375. The van der Waals surface area contributed by atoms with E-state index in [4.69, 9.17) is 9.72 Å². The first-order valence-electron chi connectivity index (χ1n) is 12.8. The second-order valence-corrected chi connectivity index (χ2v) is 10.3. The number of methoxy groups -OCH3 is 1. The Morgan fingerprint density at radius 1 is 1.26 bits per heavy atom. The molecular weight excluding hydrogens is 493 g/mol. The summed E-state index contributed by atoms with van der Waals surface area (Å²) in [5.41, 5.74) is 1.95. The van der Waals surface area contributed by atoms with E-state index in [1.165, 1.54) is 20.1 Å². The number of nitrogens with zero attached hydrogens (tertiary/aromatic N) is 2. The average Bonchev–Trinajstić information content (AvgIpc) is 3.26. The lowest BCUT2D eigenvalue weighted by molar-refractivity contribution is -0.140. The van der Waals surface area contributed by atoms with Gasteiger partial charge in [-0.15, -0.1) is 0 Å². The van der Waals surface area contributed by atoms with Crippen molar-refractivity contribution in [3.05, 3.63) is 56.1 Å². The van der Waals surface area contributed by atoms with Crippen LogP contribution in [0.4, 0.5) is 4.39 Å². The lowest BCUT2D eigenvalue weighted by atomic mass is 9.77. The fourth-order valence-corrected chi connectivity index (χ4v) is 6.40. The number of nitrogens with one attached hydrogen (secondary N) is 1. The summed E-state index contributed by atoms with van der Waals surface area (Å²) in [4.78, 5) is 43.7. The number of hydrogen-bond donors (Lipinski definition) is 3. The third-order valence-electron chi connectivity index (χ3n) is 8.34. The Bertz CT molecular complexity index is 1630. The molecule has 0 radical (unpaired) electrons. The number of aryl methyl sites for hydroxylation is 1. The minimum absolute atomic E-state index is 0.0855. The summed E-state index contributed by atoms with van der Waals surface area (Å²) < 4.78 is 22.0. The van der Waals surface area contributed by atoms with Gasteiger partial charge in [-0.05, 0) is 44.2 Å². The summed E-state index contributed by atoms with van der Waals surface area (Å²) in [5, 5.41) is 24.7. The third-order valence-corrected chi connectivity index (χ3v) is 8.34. The normalized spacial score (nSPS) is 22.1. The van der Waals surface area contributed by atoms with Gasteiger partial charge in [-0.3, -0.25) is 14.4 Å². The zero-order valence-corrected chi connectivity index (χ0v) is 21.4. The smallest absolute Gasteiger partial charge is 0.254 e. The van der Waals surface area contributed by atoms with Gasteiger partial charge in [0.05, 0.1) is 36.6 Å². The van der Waals surface area contributed by atoms with Crippen LogP contribution < -0.4 is 15.6 Å². The van der Waals surface area contributed by atoms with Crippen molar-refractivity contribution in [3.63, 3.8) is 0 Å². The number of amides is 1. The Labute approximate surface area is 217 Å². The van der Waals surface area contributed by atoms with Crippen LogP contribution in [0.25, 0.3) is 22.3 Å². The number of aromatic nitrogens is 2. The number of pyridine rings is 2. The van der Waals surface area contributed by atoms with Crippen LogP contribution in [-0.2, 0) is 34.6 Å². The summed E-state index contributed by atoms with van der Waals surface area (Å²) in [6.07, 6.45) is 0.0915. The largest absolute Gasteiger partial charge is 0.493 e. The first-order valence-corrected chi connectivity index (χ1v) is 12.8. The number of carbonyl (C=O) groups excluding carboxylic acids is 2. The van der Waals surface area contributed by atoms with Gasteiger partial charge in [0.2, 0.25) is 5.91 Å². The van der Waals surface area contributed by atoms with Gasteiger partial charge >= 0.3 is 0 Å². The molecule has 3 heterocycles. The highest BCUT2D eigenvalue weighted by molar-refractivity contribution is 5.95. The molecule has 10 heteroatoms. The number of Topliss-reactive ketones (excluding diaryl/α,β-unsaturated/α-hetero) is 1. The summed E-state index contributed by atoms with van der Waals surface area (Å²) in [6.45, 7) is 3.26. The van der Waals surface area contributed by atoms with E-state index in [-0.39, 0.29) is 42.9 Å². The Morgan fingerprint density at radius 2 is 2.03 bits per heavy atom. The minimum Gasteiger partial charge on any atom is -0.493 e. The Balaban J connectivity index is 1.65. The predicted molar refractivity (Wildman–Crippen MR) is 135 cm³/mol. The number of ether oxygens (including phenoxy) is 1. The standard InChI is InChI=1S/C28H28FN3O6/c1-4-28(37)16-9-20-24-15(11-32(20)27(36)13(16)6-8-21(28)34)23-18(31-26(35)12(2)33)7-5-14-22(23)19(30-24)10-17(29)25(14)38-3/h9-10,12,18,33,37H,4-8,11H2,1-3H3,(H,31,35)/t12-,18?,28+/m1/s1.